The van der Waals surface area contributed by atoms with Crippen molar-refractivity contribution in [3.63, 3.8) is 0 Å². The molecular weight excluding hydrogens is 785 g/mol. The quantitative estimate of drug-likeness (QED) is 0.0903. The second-order valence-corrected chi connectivity index (χ2v) is 19.7. The van der Waals surface area contributed by atoms with Gasteiger partial charge in [-0.3, -0.25) is 29.4 Å². The van der Waals surface area contributed by atoms with Gasteiger partial charge < -0.3 is 0 Å². The van der Waals surface area contributed by atoms with E-state index in [9.17, 15) is 9.59 Å². The lowest BCUT2D eigenvalue weighted by molar-refractivity contribution is -0.0117. The summed E-state index contributed by atoms with van der Waals surface area (Å²) in [5.41, 5.74) is 10.9. The molecule has 0 radical (unpaired) electrons. The second-order valence-electron chi connectivity index (χ2n) is 19.7. The molecule has 10 atom stereocenters. The summed E-state index contributed by atoms with van der Waals surface area (Å²) >= 11 is 0. The number of carbonyl (C=O) groups excluding carboxylic acids is 2. The minimum Gasteiger partial charge on any atom is -0.299 e. The first kappa shape index (κ1) is 43.9. The first-order valence-corrected chi connectivity index (χ1v) is 24.1. The van der Waals surface area contributed by atoms with E-state index >= 15 is 0 Å². The van der Waals surface area contributed by atoms with Crippen LogP contribution in [0.25, 0.3) is 21.8 Å². The number of carbonyl (C=O) groups is 2. The number of ketones is 2. The summed E-state index contributed by atoms with van der Waals surface area (Å²) in [6, 6.07) is 34.1. The average molecular weight is 851 g/mol. The maximum Gasteiger partial charge on any atom is 0.163 e. The average Bonchev–Trinajstić information content (AvgIpc) is 3.32. The van der Waals surface area contributed by atoms with Crippen LogP contribution in [0, 0.1) is 51.4 Å². The Morgan fingerprint density at radius 2 is 1.14 bits per heavy atom. The lowest BCUT2D eigenvalue weighted by Gasteiger charge is -2.52. The number of pyridine rings is 2. The molecule has 6 aliphatic rings. The van der Waals surface area contributed by atoms with Gasteiger partial charge in [0.05, 0.1) is 11.0 Å². The number of benzene rings is 4. The van der Waals surface area contributed by atoms with Crippen LogP contribution in [-0.4, -0.2) is 69.6 Å². The van der Waals surface area contributed by atoms with Crippen LogP contribution >= 0.6 is 0 Å². The summed E-state index contributed by atoms with van der Waals surface area (Å²) < 4.78 is 0. The molecule has 12 rings (SSSR count). The first-order chi connectivity index (χ1) is 31.1. The van der Waals surface area contributed by atoms with Gasteiger partial charge in [0.25, 0.3) is 0 Å². The van der Waals surface area contributed by atoms with E-state index < -0.39 is 0 Å². The fourth-order valence-corrected chi connectivity index (χ4v) is 12.4. The Hall–Kier alpha value is -5.30. The van der Waals surface area contributed by atoms with Crippen LogP contribution in [0.3, 0.4) is 0 Å². The summed E-state index contributed by atoms with van der Waals surface area (Å²) in [5, 5.41) is 2.41. The van der Waals surface area contributed by atoms with Crippen LogP contribution in [0.15, 0.2) is 122 Å². The Bertz CT molecular complexity index is 2670. The molecule has 4 bridgehead atoms. The number of hydrogen-bond donors (Lipinski definition) is 0. The largest absolute Gasteiger partial charge is 0.299 e. The zero-order valence-corrected chi connectivity index (χ0v) is 38.7. The molecule has 0 N–H and O–H groups in total. The van der Waals surface area contributed by atoms with Gasteiger partial charge in [0.15, 0.2) is 11.6 Å². The van der Waals surface area contributed by atoms with Crippen molar-refractivity contribution in [3.05, 3.63) is 167 Å². The number of aromatic nitrogens is 2. The summed E-state index contributed by atoms with van der Waals surface area (Å²) in [4.78, 5) is 41.7. The van der Waals surface area contributed by atoms with Crippen molar-refractivity contribution < 1.29 is 9.59 Å². The van der Waals surface area contributed by atoms with E-state index in [1.807, 2.05) is 74.8 Å². The van der Waals surface area contributed by atoms with Crippen molar-refractivity contribution in [2.45, 2.75) is 103 Å². The number of hydrogen-bond acceptors (Lipinski definition) is 6. The highest BCUT2D eigenvalue weighted by molar-refractivity contribution is 5.99. The molecule has 6 aliphatic heterocycles. The summed E-state index contributed by atoms with van der Waals surface area (Å²) in [7, 11) is 0. The Balaban J connectivity index is 0.000000162. The van der Waals surface area contributed by atoms with Crippen LogP contribution in [0.4, 0.5) is 0 Å². The fraction of sp³-hybridized carbons (Fsp3) is 0.414. The highest BCUT2D eigenvalue weighted by Crippen LogP contribution is 2.46. The maximum atomic E-state index is 13.6. The van der Waals surface area contributed by atoms with Crippen molar-refractivity contribution >= 4 is 33.4 Å². The van der Waals surface area contributed by atoms with Gasteiger partial charge in [-0.15, -0.1) is 6.58 Å². The van der Waals surface area contributed by atoms with Gasteiger partial charge in [0.2, 0.25) is 0 Å². The Kier molecular flexibility index (Phi) is 13.1. The predicted molar refractivity (Wildman–Crippen MR) is 262 cm³/mol. The van der Waals surface area contributed by atoms with Crippen LogP contribution in [0.2, 0.25) is 0 Å². The molecule has 4 aromatic carbocycles. The van der Waals surface area contributed by atoms with Crippen LogP contribution < -0.4 is 0 Å². The number of nitrogens with zero attached hydrogens (tertiary/aromatic N) is 4. The van der Waals surface area contributed by atoms with Gasteiger partial charge in [0, 0.05) is 84.1 Å². The lowest BCUT2D eigenvalue weighted by Crippen LogP contribution is -2.55. The molecule has 6 saturated heterocycles. The summed E-state index contributed by atoms with van der Waals surface area (Å²) in [6.45, 7) is 19.3. The Labute approximate surface area is 381 Å². The third kappa shape index (κ3) is 8.89. The topological polar surface area (TPSA) is 66.4 Å². The van der Waals surface area contributed by atoms with E-state index in [1.54, 1.807) is 0 Å². The molecule has 0 amide bonds. The number of rotatable bonds is 12. The fourth-order valence-electron chi connectivity index (χ4n) is 12.4. The SMILES string of the molecule is C=C[C@H]1CN2CC[C@H]1C[C@H]2[C@H](CC(=O)c1ccccc1C)c1ccnc2ccc(C)cc12.CC[C@H]1CN2CC[C@H]1C[C@H]2[C@H](CC(=O)c1ccccc1C)c1ccnc2ccc(C)cc12. The van der Waals surface area contributed by atoms with Gasteiger partial charge in [-0.2, -0.15) is 0 Å². The molecule has 6 aromatic rings. The van der Waals surface area contributed by atoms with Crippen molar-refractivity contribution in [1.29, 1.82) is 0 Å². The molecule has 0 spiro atoms. The molecule has 330 valence electrons. The van der Waals surface area contributed by atoms with Crippen LogP contribution in [0.1, 0.15) is 118 Å². The van der Waals surface area contributed by atoms with Crippen molar-refractivity contribution in [2.24, 2.45) is 23.7 Å². The van der Waals surface area contributed by atoms with Crippen molar-refractivity contribution in [3.8, 4) is 0 Å². The third-order valence-electron chi connectivity index (χ3n) is 15.9. The molecule has 2 aromatic heterocycles. The van der Waals surface area contributed by atoms with E-state index in [0.29, 0.717) is 36.8 Å². The minimum atomic E-state index is 0.156. The second kappa shape index (κ2) is 19.0. The van der Waals surface area contributed by atoms with Gasteiger partial charge in [-0.25, -0.2) is 0 Å². The monoisotopic (exact) mass is 851 g/mol. The normalized spacial score (nSPS) is 25.6. The molecule has 8 heterocycles. The number of aryl methyl sites for hydroxylation is 4. The predicted octanol–water partition coefficient (Wildman–Crippen LogP) is 12.4. The molecule has 6 nitrogen and oxygen atoms in total. The third-order valence-corrected chi connectivity index (χ3v) is 15.9. The molecule has 64 heavy (non-hydrogen) atoms. The van der Waals surface area contributed by atoms with Crippen molar-refractivity contribution in [1.82, 2.24) is 19.8 Å². The zero-order chi connectivity index (χ0) is 44.5. The minimum absolute atomic E-state index is 0.156. The summed E-state index contributed by atoms with van der Waals surface area (Å²) in [5.74, 6) is 3.70. The number of Topliss-reactive ketones (excluding diaryl/α,β-unsaturated/α-hetero) is 2. The van der Waals surface area contributed by atoms with Gasteiger partial charge in [0.1, 0.15) is 0 Å². The van der Waals surface area contributed by atoms with E-state index in [2.05, 4.69) is 102 Å². The Morgan fingerprint density at radius 1 is 0.656 bits per heavy atom. The highest BCUT2D eigenvalue weighted by Gasteiger charge is 2.45. The molecule has 0 saturated carbocycles. The molecule has 6 fully saturated rings. The molecule has 2 unspecified atom stereocenters. The smallest absolute Gasteiger partial charge is 0.163 e. The van der Waals surface area contributed by atoms with E-state index in [1.165, 1.54) is 71.8 Å². The maximum absolute atomic E-state index is 13.6. The van der Waals surface area contributed by atoms with Crippen molar-refractivity contribution in [2.75, 3.05) is 26.2 Å². The molecular formula is C58H66N4O2. The first-order valence-electron chi connectivity index (χ1n) is 24.1. The standard InChI is InChI=1S/C29H34N2O.C29H32N2O/c2*1-4-21-18-31-14-12-22(21)16-28(31)26(17-29(32)23-8-6-5-7-20(23)3)24-11-13-30-27-10-9-19(2)15-25(24)27/h5-11,13,15,21-22,26,28H,4,12,14,16-18H2,1-3H3;4-11,13,15,21-22,26,28H,1,12,14,16-18H2,2-3H3/t2*21-,22-,26+,28-/m00/s1. The van der Waals surface area contributed by atoms with Crippen LogP contribution in [0.5, 0.6) is 0 Å². The van der Waals surface area contributed by atoms with Gasteiger partial charge in [-0.1, -0.05) is 91.2 Å². The van der Waals surface area contributed by atoms with E-state index in [4.69, 9.17) is 0 Å². The van der Waals surface area contributed by atoms with E-state index in [0.717, 1.165) is 64.6 Å². The van der Waals surface area contributed by atoms with Gasteiger partial charge >= 0.3 is 0 Å². The number of piperidine rings is 6. The molecule has 0 aliphatic carbocycles. The van der Waals surface area contributed by atoms with Crippen LogP contribution in [-0.2, 0) is 0 Å². The lowest BCUT2D eigenvalue weighted by atomic mass is 9.69. The molecule has 6 heteroatoms. The van der Waals surface area contributed by atoms with Gasteiger partial charge in [-0.05, 0) is 149 Å². The highest BCUT2D eigenvalue weighted by atomic mass is 16.1. The summed E-state index contributed by atoms with van der Waals surface area (Å²) in [6.07, 6.45) is 13.2. The Morgan fingerprint density at radius 3 is 1.58 bits per heavy atom. The van der Waals surface area contributed by atoms with E-state index in [-0.39, 0.29) is 23.4 Å². The number of fused-ring (bicyclic) bond motifs is 8. The zero-order valence-electron chi connectivity index (χ0n) is 38.7.